The van der Waals surface area contributed by atoms with E-state index in [1.165, 1.54) is 4.88 Å². The summed E-state index contributed by atoms with van der Waals surface area (Å²) in [6, 6.07) is 4.04. The summed E-state index contributed by atoms with van der Waals surface area (Å²) in [4.78, 5) is 1.19. The summed E-state index contributed by atoms with van der Waals surface area (Å²) in [7, 11) is 0. The van der Waals surface area contributed by atoms with Crippen molar-refractivity contribution in [3.05, 3.63) is 22.4 Å². The molecule has 0 bridgehead atoms. The van der Waals surface area contributed by atoms with Crippen molar-refractivity contribution in [1.82, 2.24) is 5.32 Å². The summed E-state index contributed by atoms with van der Waals surface area (Å²) >= 11 is 1.67. The number of aliphatic hydroxyl groups is 1. The minimum absolute atomic E-state index is 0.00696. The van der Waals surface area contributed by atoms with Crippen molar-refractivity contribution in [3.63, 3.8) is 0 Å². The number of ether oxygens (including phenoxy) is 2. The minimum atomic E-state index is -0.473. The van der Waals surface area contributed by atoms with Gasteiger partial charge in [-0.2, -0.15) is 0 Å². The van der Waals surface area contributed by atoms with Crippen LogP contribution in [0.2, 0.25) is 0 Å². The van der Waals surface area contributed by atoms with Gasteiger partial charge in [0.15, 0.2) is 0 Å². The van der Waals surface area contributed by atoms with Gasteiger partial charge in [-0.1, -0.05) is 6.07 Å². The van der Waals surface area contributed by atoms with E-state index in [9.17, 15) is 5.11 Å². The molecule has 1 aliphatic rings. The first-order chi connectivity index (χ1) is 9.18. The van der Waals surface area contributed by atoms with Crippen LogP contribution in [0.5, 0.6) is 0 Å². The molecule has 2 heterocycles. The van der Waals surface area contributed by atoms with Crippen LogP contribution in [0.25, 0.3) is 0 Å². The van der Waals surface area contributed by atoms with E-state index in [0.717, 1.165) is 26.1 Å². The molecule has 2 atom stereocenters. The highest BCUT2D eigenvalue weighted by atomic mass is 32.1. The van der Waals surface area contributed by atoms with Crippen molar-refractivity contribution in [2.75, 3.05) is 26.4 Å². The molecular formula is C14H23NO3S. The lowest BCUT2D eigenvalue weighted by Gasteiger charge is -2.35. The second-order valence-electron chi connectivity index (χ2n) is 5.35. The van der Waals surface area contributed by atoms with Gasteiger partial charge in [0, 0.05) is 23.6 Å². The van der Waals surface area contributed by atoms with Crippen LogP contribution in [0.1, 0.15) is 24.6 Å². The summed E-state index contributed by atoms with van der Waals surface area (Å²) in [5.41, 5.74) is -0.00696. The highest BCUT2D eigenvalue weighted by molar-refractivity contribution is 7.09. The average molecular weight is 285 g/mol. The van der Waals surface area contributed by atoms with E-state index >= 15 is 0 Å². The van der Waals surface area contributed by atoms with Crippen LogP contribution in [0.4, 0.5) is 0 Å². The van der Waals surface area contributed by atoms with Gasteiger partial charge >= 0.3 is 0 Å². The van der Waals surface area contributed by atoms with E-state index < -0.39 is 6.10 Å². The lowest BCUT2D eigenvalue weighted by molar-refractivity contribution is 0.00341. The van der Waals surface area contributed by atoms with E-state index in [2.05, 4.69) is 12.2 Å². The number of rotatable bonds is 7. The molecule has 108 valence electrons. The van der Waals surface area contributed by atoms with Gasteiger partial charge in [-0.05, 0) is 31.2 Å². The Morgan fingerprint density at radius 3 is 3.21 bits per heavy atom. The lowest BCUT2D eigenvalue weighted by atomic mass is 9.95. The van der Waals surface area contributed by atoms with E-state index in [0.29, 0.717) is 19.8 Å². The van der Waals surface area contributed by atoms with Gasteiger partial charge < -0.3 is 19.9 Å². The first-order valence-corrected chi connectivity index (χ1v) is 7.67. The third kappa shape index (κ3) is 5.20. The summed E-state index contributed by atoms with van der Waals surface area (Å²) in [5, 5.41) is 15.3. The third-order valence-corrected chi connectivity index (χ3v) is 4.19. The fraction of sp³-hybridized carbons (Fsp3) is 0.714. The second kappa shape index (κ2) is 7.36. The monoisotopic (exact) mass is 285 g/mol. The topological polar surface area (TPSA) is 50.7 Å². The summed E-state index contributed by atoms with van der Waals surface area (Å²) in [6.07, 6.45) is 1.70. The number of thiophene rings is 1. The maximum atomic E-state index is 9.90. The van der Waals surface area contributed by atoms with Crippen LogP contribution in [-0.4, -0.2) is 43.1 Å². The molecule has 1 aliphatic heterocycles. The quantitative estimate of drug-likeness (QED) is 0.802. The number of aliphatic hydroxyl groups excluding tert-OH is 1. The van der Waals surface area contributed by atoms with Gasteiger partial charge in [-0.3, -0.25) is 0 Å². The standard InChI is InChI=1S/C14H23NO3S/c1-14(5-3-6-17-11-14)15-8-12(16)9-18-10-13-4-2-7-19-13/h2,4,7,12,15-16H,3,5-6,8-11H2,1H3. The summed E-state index contributed by atoms with van der Waals surface area (Å²) in [5.74, 6) is 0. The average Bonchev–Trinajstić information content (AvgIpc) is 2.91. The normalized spacial score (nSPS) is 25.4. The van der Waals surface area contributed by atoms with Crippen molar-refractivity contribution in [3.8, 4) is 0 Å². The molecule has 1 fully saturated rings. The predicted octanol–water partition coefficient (Wildman–Crippen LogP) is 1.78. The molecule has 0 aliphatic carbocycles. The number of β-amino-alcohol motifs (C(OH)–C–C–N with tert-alkyl or cyclic N) is 1. The molecule has 0 spiro atoms. The Hall–Kier alpha value is -0.460. The van der Waals surface area contributed by atoms with Gasteiger partial charge in [-0.25, -0.2) is 0 Å². The molecule has 19 heavy (non-hydrogen) atoms. The minimum Gasteiger partial charge on any atom is -0.389 e. The van der Waals surface area contributed by atoms with Crippen LogP contribution >= 0.6 is 11.3 Å². The van der Waals surface area contributed by atoms with Gasteiger partial charge in [0.25, 0.3) is 0 Å². The van der Waals surface area contributed by atoms with Crippen molar-refractivity contribution >= 4 is 11.3 Å². The lowest BCUT2D eigenvalue weighted by Crippen LogP contribution is -2.51. The van der Waals surface area contributed by atoms with Gasteiger partial charge in [0.1, 0.15) is 0 Å². The molecule has 5 heteroatoms. The van der Waals surface area contributed by atoms with Crippen molar-refractivity contribution in [2.24, 2.45) is 0 Å². The number of nitrogens with one attached hydrogen (secondary N) is 1. The van der Waals surface area contributed by atoms with E-state index in [1.807, 2.05) is 17.5 Å². The Bertz CT molecular complexity index is 350. The molecule has 0 radical (unpaired) electrons. The predicted molar refractivity (Wildman–Crippen MR) is 76.4 cm³/mol. The van der Waals surface area contributed by atoms with E-state index in [1.54, 1.807) is 11.3 Å². The maximum Gasteiger partial charge on any atom is 0.0898 e. The molecule has 1 saturated heterocycles. The molecule has 0 saturated carbocycles. The Balaban J connectivity index is 1.60. The molecular weight excluding hydrogens is 262 g/mol. The summed E-state index contributed by atoms with van der Waals surface area (Å²) in [6.45, 7) is 5.20. The zero-order chi connectivity index (χ0) is 13.6. The first-order valence-electron chi connectivity index (χ1n) is 6.79. The molecule has 0 aromatic carbocycles. The van der Waals surface area contributed by atoms with Crippen LogP contribution in [0.15, 0.2) is 17.5 Å². The van der Waals surface area contributed by atoms with Gasteiger partial charge in [0.05, 0.1) is 25.9 Å². The highest BCUT2D eigenvalue weighted by Crippen LogP contribution is 2.18. The van der Waals surface area contributed by atoms with Crippen LogP contribution < -0.4 is 5.32 Å². The number of hydrogen-bond donors (Lipinski definition) is 2. The van der Waals surface area contributed by atoms with E-state index in [-0.39, 0.29) is 5.54 Å². The SMILES string of the molecule is CC1(NCC(O)COCc2cccs2)CCCOC1. The molecule has 4 nitrogen and oxygen atoms in total. The molecule has 2 rings (SSSR count). The van der Waals surface area contributed by atoms with Crippen molar-refractivity contribution < 1.29 is 14.6 Å². The highest BCUT2D eigenvalue weighted by Gasteiger charge is 2.27. The second-order valence-corrected chi connectivity index (χ2v) is 6.38. The van der Waals surface area contributed by atoms with Gasteiger partial charge in [0.2, 0.25) is 0 Å². The Kier molecular flexibility index (Phi) is 5.78. The Labute approximate surface area is 118 Å². The Morgan fingerprint density at radius 1 is 1.63 bits per heavy atom. The van der Waals surface area contributed by atoms with Crippen LogP contribution in [-0.2, 0) is 16.1 Å². The van der Waals surface area contributed by atoms with E-state index in [4.69, 9.17) is 9.47 Å². The van der Waals surface area contributed by atoms with Crippen molar-refractivity contribution in [1.29, 1.82) is 0 Å². The third-order valence-electron chi connectivity index (χ3n) is 3.34. The maximum absolute atomic E-state index is 9.90. The Morgan fingerprint density at radius 2 is 2.53 bits per heavy atom. The number of hydrogen-bond acceptors (Lipinski definition) is 5. The van der Waals surface area contributed by atoms with Crippen LogP contribution in [0.3, 0.4) is 0 Å². The first kappa shape index (κ1) is 14.9. The van der Waals surface area contributed by atoms with Gasteiger partial charge in [-0.15, -0.1) is 11.3 Å². The molecule has 0 amide bonds. The smallest absolute Gasteiger partial charge is 0.0898 e. The van der Waals surface area contributed by atoms with Crippen LogP contribution in [0, 0.1) is 0 Å². The fourth-order valence-electron chi connectivity index (χ4n) is 2.19. The fourth-order valence-corrected chi connectivity index (χ4v) is 2.83. The summed E-state index contributed by atoms with van der Waals surface area (Å²) < 4.78 is 11.0. The van der Waals surface area contributed by atoms with Crippen molar-refractivity contribution in [2.45, 2.75) is 38.0 Å². The largest absolute Gasteiger partial charge is 0.389 e. The zero-order valence-corrected chi connectivity index (χ0v) is 12.2. The molecule has 1 aromatic heterocycles. The zero-order valence-electron chi connectivity index (χ0n) is 11.4. The molecule has 2 N–H and O–H groups in total. The molecule has 1 aromatic rings. The molecule has 2 unspecified atom stereocenters.